The Hall–Kier alpha value is -2.83. The van der Waals surface area contributed by atoms with E-state index in [2.05, 4.69) is 11.9 Å². The van der Waals surface area contributed by atoms with Gasteiger partial charge in [-0.3, -0.25) is 9.59 Å². The van der Waals surface area contributed by atoms with Crippen LogP contribution in [0.15, 0.2) is 30.6 Å². The summed E-state index contributed by atoms with van der Waals surface area (Å²) in [6.07, 6.45) is 3.92. The van der Waals surface area contributed by atoms with Crippen molar-refractivity contribution >= 4 is 17.6 Å². The van der Waals surface area contributed by atoms with Crippen molar-refractivity contribution in [1.29, 1.82) is 0 Å². The largest absolute Gasteiger partial charge is 0.383 e. The third-order valence-corrected chi connectivity index (χ3v) is 4.84. The molecule has 1 saturated heterocycles. The molecule has 1 aromatic heterocycles. The average Bonchev–Trinajstić information content (AvgIpc) is 3.03. The van der Waals surface area contributed by atoms with Crippen LogP contribution in [0.4, 0.5) is 5.82 Å². The van der Waals surface area contributed by atoms with Crippen molar-refractivity contribution in [3.8, 4) is 0 Å². The Balaban J connectivity index is 1.70. The zero-order valence-electron chi connectivity index (χ0n) is 14.3. The van der Waals surface area contributed by atoms with E-state index in [4.69, 9.17) is 11.5 Å². The monoisotopic (exact) mass is 341 g/mol. The van der Waals surface area contributed by atoms with Crippen LogP contribution in [0.3, 0.4) is 0 Å². The summed E-state index contributed by atoms with van der Waals surface area (Å²) in [5.41, 5.74) is 13.2. The van der Waals surface area contributed by atoms with E-state index in [1.54, 1.807) is 10.9 Å². The number of hydrogen-bond acceptors (Lipinski definition) is 4. The van der Waals surface area contributed by atoms with Crippen LogP contribution in [0.2, 0.25) is 0 Å². The van der Waals surface area contributed by atoms with Crippen molar-refractivity contribution in [1.82, 2.24) is 14.5 Å². The number of carbonyl (C=O) groups is 2. The van der Waals surface area contributed by atoms with Gasteiger partial charge in [0.2, 0.25) is 0 Å². The molecule has 1 fully saturated rings. The highest BCUT2D eigenvalue weighted by Gasteiger charge is 2.27. The SMILES string of the molecule is CCc1ccccc1C(=O)N1CCC(n2cnc(C(N)=O)c2N)CC1. The van der Waals surface area contributed by atoms with Gasteiger partial charge in [0.25, 0.3) is 11.8 Å². The van der Waals surface area contributed by atoms with Gasteiger partial charge in [0, 0.05) is 24.7 Å². The number of aromatic nitrogens is 2. The predicted molar refractivity (Wildman–Crippen MR) is 95.2 cm³/mol. The maximum absolute atomic E-state index is 12.8. The zero-order valence-corrected chi connectivity index (χ0v) is 14.3. The summed E-state index contributed by atoms with van der Waals surface area (Å²) in [6.45, 7) is 3.34. The number of amides is 2. The summed E-state index contributed by atoms with van der Waals surface area (Å²) in [5.74, 6) is -0.249. The Labute approximate surface area is 146 Å². The second kappa shape index (κ2) is 6.96. The van der Waals surface area contributed by atoms with Gasteiger partial charge >= 0.3 is 0 Å². The summed E-state index contributed by atoms with van der Waals surface area (Å²) < 4.78 is 1.79. The number of carbonyl (C=O) groups excluding carboxylic acids is 2. The molecular weight excluding hydrogens is 318 g/mol. The molecule has 0 bridgehead atoms. The van der Waals surface area contributed by atoms with Crippen LogP contribution < -0.4 is 11.5 Å². The first-order chi connectivity index (χ1) is 12.0. The maximum Gasteiger partial charge on any atom is 0.271 e. The van der Waals surface area contributed by atoms with Crippen LogP contribution >= 0.6 is 0 Å². The zero-order chi connectivity index (χ0) is 18.0. The topological polar surface area (TPSA) is 107 Å². The highest BCUT2D eigenvalue weighted by molar-refractivity contribution is 5.96. The smallest absolute Gasteiger partial charge is 0.271 e. The Kier molecular flexibility index (Phi) is 4.74. The minimum absolute atomic E-state index is 0.0762. The molecule has 1 aliphatic rings. The van der Waals surface area contributed by atoms with Crippen LogP contribution in [0.1, 0.15) is 52.2 Å². The first kappa shape index (κ1) is 17.0. The summed E-state index contributed by atoms with van der Waals surface area (Å²) in [7, 11) is 0. The van der Waals surface area contributed by atoms with Crippen molar-refractivity contribution in [2.75, 3.05) is 18.8 Å². The van der Waals surface area contributed by atoms with Crippen LogP contribution in [0.25, 0.3) is 0 Å². The number of imidazole rings is 1. The number of benzene rings is 1. The third kappa shape index (κ3) is 3.22. The molecule has 0 radical (unpaired) electrons. The number of rotatable bonds is 4. The average molecular weight is 341 g/mol. The second-order valence-corrected chi connectivity index (χ2v) is 6.28. The van der Waals surface area contributed by atoms with E-state index in [-0.39, 0.29) is 17.6 Å². The van der Waals surface area contributed by atoms with Crippen molar-refractivity contribution in [3.05, 3.63) is 47.4 Å². The van der Waals surface area contributed by atoms with Gasteiger partial charge in [-0.2, -0.15) is 0 Å². The Morgan fingerprint density at radius 2 is 1.92 bits per heavy atom. The van der Waals surface area contributed by atoms with E-state index < -0.39 is 5.91 Å². The van der Waals surface area contributed by atoms with Gasteiger partial charge in [0.15, 0.2) is 5.69 Å². The van der Waals surface area contributed by atoms with Crippen molar-refractivity contribution in [2.45, 2.75) is 32.2 Å². The summed E-state index contributed by atoms with van der Waals surface area (Å²) >= 11 is 0. The quantitative estimate of drug-likeness (QED) is 0.880. The van der Waals surface area contributed by atoms with E-state index in [1.807, 2.05) is 29.2 Å². The van der Waals surface area contributed by atoms with Gasteiger partial charge in [-0.25, -0.2) is 4.98 Å². The third-order valence-electron chi connectivity index (χ3n) is 4.84. The molecule has 1 aliphatic heterocycles. The lowest BCUT2D eigenvalue weighted by atomic mass is 10.0. The molecular formula is C18H23N5O2. The van der Waals surface area contributed by atoms with Gasteiger partial charge < -0.3 is 20.9 Å². The first-order valence-corrected chi connectivity index (χ1v) is 8.52. The number of hydrogen-bond donors (Lipinski definition) is 2. The van der Waals surface area contributed by atoms with Gasteiger partial charge in [0.1, 0.15) is 5.82 Å². The van der Waals surface area contributed by atoms with E-state index in [9.17, 15) is 9.59 Å². The second-order valence-electron chi connectivity index (χ2n) is 6.28. The van der Waals surface area contributed by atoms with Crippen LogP contribution in [-0.2, 0) is 6.42 Å². The lowest BCUT2D eigenvalue weighted by Crippen LogP contribution is -2.39. The lowest BCUT2D eigenvalue weighted by Gasteiger charge is -2.33. The normalized spacial score (nSPS) is 15.3. The highest BCUT2D eigenvalue weighted by atomic mass is 16.2. The molecule has 3 rings (SSSR count). The Bertz CT molecular complexity index is 791. The molecule has 0 atom stereocenters. The van der Waals surface area contributed by atoms with E-state index in [1.165, 1.54) is 0 Å². The van der Waals surface area contributed by atoms with Gasteiger partial charge in [-0.1, -0.05) is 25.1 Å². The standard InChI is InChI=1S/C18H23N5O2/c1-2-12-5-3-4-6-14(12)18(25)22-9-7-13(8-10-22)23-11-21-15(16(23)19)17(20)24/h3-6,11,13H,2,7-10,19H2,1H3,(H2,20,24). The molecule has 7 nitrogen and oxygen atoms in total. The number of nitrogens with two attached hydrogens (primary N) is 2. The fourth-order valence-electron chi connectivity index (χ4n) is 3.41. The summed E-state index contributed by atoms with van der Waals surface area (Å²) in [5, 5.41) is 0. The molecule has 0 spiro atoms. The summed E-state index contributed by atoms with van der Waals surface area (Å²) in [6, 6.07) is 7.86. The van der Waals surface area contributed by atoms with Crippen LogP contribution in [0, 0.1) is 0 Å². The molecule has 1 aromatic carbocycles. The van der Waals surface area contributed by atoms with E-state index in [0.717, 1.165) is 30.4 Å². The number of piperidine rings is 1. The van der Waals surface area contributed by atoms with Gasteiger partial charge in [-0.05, 0) is 30.9 Å². The number of primary amides is 1. The Morgan fingerprint density at radius 1 is 1.24 bits per heavy atom. The fourth-order valence-corrected chi connectivity index (χ4v) is 3.41. The fraction of sp³-hybridized carbons (Fsp3) is 0.389. The lowest BCUT2D eigenvalue weighted by molar-refractivity contribution is 0.0694. The molecule has 0 saturated carbocycles. The van der Waals surface area contributed by atoms with E-state index in [0.29, 0.717) is 18.9 Å². The molecule has 0 aliphatic carbocycles. The maximum atomic E-state index is 12.8. The summed E-state index contributed by atoms with van der Waals surface area (Å²) in [4.78, 5) is 30.0. The van der Waals surface area contributed by atoms with E-state index >= 15 is 0 Å². The minimum Gasteiger partial charge on any atom is -0.383 e. The molecule has 25 heavy (non-hydrogen) atoms. The first-order valence-electron chi connectivity index (χ1n) is 8.52. The van der Waals surface area contributed by atoms with Crippen molar-refractivity contribution in [2.24, 2.45) is 5.73 Å². The molecule has 2 amide bonds. The minimum atomic E-state index is -0.625. The van der Waals surface area contributed by atoms with Crippen LogP contribution in [0.5, 0.6) is 0 Å². The Morgan fingerprint density at radius 3 is 2.52 bits per heavy atom. The number of aryl methyl sites for hydroxylation is 1. The number of anilines is 1. The molecule has 4 N–H and O–H groups in total. The van der Waals surface area contributed by atoms with Crippen molar-refractivity contribution < 1.29 is 9.59 Å². The number of nitrogen functional groups attached to an aromatic ring is 1. The van der Waals surface area contributed by atoms with Gasteiger partial charge in [-0.15, -0.1) is 0 Å². The molecule has 2 heterocycles. The molecule has 7 heteroatoms. The number of nitrogens with zero attached hydrogens (tertiary/aromatic N) is 3. The highest BCUT2D eigenvalue weighted by Crippen LogP contribution is 2.27. The van der Waals surface area contributed by atoms with Gasteiger partial charge in [0.05, 0.1) is 6.33 Å². The molecule has 132 valence electrons. The van der Waals surface area contributed by atoms with Crippen LogP contribution in [-0.4, -0.2) is 39.4 Å². The molecule has 0 unspecified atom stereocenters. The predicted octanol–water partition coefficient (Wildman–Crippen LogP) is 1.60. The van der Waals surface area contributed by atoms with Crippen molar-refractivity contribution in [3.63, 3.8) is 0 Å². The number of likely N-dealkylation sites (tertiary alicyclic amines) is 1. The molecule has 2 aromatic rings.